The molecule has 1 N–H and O–H groups in total. The highest BCUT2D eigenvalue weighted by atomic mass is 32.1. The van der Waals surface area contributed by atoms with Crippen molar-refractivity contribution in [1.82, 2.24) is 4.90 Å². The third kappa shape index (κ3) is 2.53. The van der Waals surface area contributed by atoms with Crippen LogP contribution in [0, 0.1) is 6.92 Å². The van der Waals surface area contributed by atoms with Gasteiger partial charge in [-0.25, -0.2) is 0 Å². The molecular formula is C16H17NO3S. The Hall–Kier alpha value is -1.88. The van der Waals surface area contributed by atoms with Crippen molar-refractivity contribution in [2.24, 2.45) is 0 Å². The van der Waals surface area contributed by atoms with Crippen molar-refractivity contribution in [3.63, 3.8) is 0 Å². The van der Waals surface area contributed by atoms with E-state index in [1.165, 1.54) is 11.3 Å². The third-order valence-electron chi connectivity index (χ3n) is 4.09. The summed E-state index contributed by atoms with van der Waals surface area (Å²) < 4.78 is 1.10. The van der Waals surface area contributed by atoms with E-state index in [1.807, 2.05) is 31.2 Å². The minimum atomic E-state index is -0.840. The van der Waals surface area contributed by atoms with Gasteiger partial charge < -0.3 is 10.0 Å². The third-order valence-corrected chi connectivity index (χ3v) is 5.35. The van der Waals surface area contributed by atoms with Gasteiger partial charge in [-0.15, -0.1) is 11.3 Å². The summed E-state index contributed by atoms with van der Waals surface area (Å²) in [6.45, 7) is 2.62. The maximum atomic E-state index is 12.8. The largest absolute Gasteiger partial charge is 0.481 e. The molecule has 1 aromatic carbocycles. The number of aliphatic carboxylic acids is 1. The molecule has 0 bridgehead atoms. The van der Waals surface area contributed by atoms with E-state index in [2.05, 4.69) is 0 Å². The summed E-state index contributed by atoms with van der Waals surface area (Å²) in [7, 11) is 0. The van der Waals surface area contributed by atoms with Crippen LogP contribution in [-0.4, -0.2) is 34.5 Å². The summed E-state index contributed by atoms with van der Waals surface area (Å²) in [6, 6.07) is 7.81. The number of carboxylic acid groups (broad SMARTS) is 1. The van der Waals surface area contributed by atoms with Crippen molar-refractivity contribution in [3.05, 3.63) is 34.7 Å². The van der Waals surface area contributed by atoms with E-state index in [9.17, 15) is 9.59 Å². The number of rotatable bonds is 3. The minimum Gasteiger partial charge on any atom is -0.481 e. The molecule has 1 aliphatic rings. The summed E-state index contributed by atoms with van der Waals surface area (Å²) in [4.78, 5) is 26.2. The lowest BCUT2D eigenvalue weighted by Gasteiger charge is -2.23. The molecule has 1 saturated heterocycles. The van der Waals surface area contributed by atoms with Crippen molar-refractivity contribution in [3.8, 4) is 0 Å². The summed E-state index contributed by atoms with van der Waals surface area (Å²) in [6.07, 6.45) is 1.70. The van der Waals surface area contributed by atoms with Crippen LogP contribution in [0.3, 0.4) is 0 Å². The van der Waals surface area contributed by atoms with Crippen molar-refractivity contribution < 1.29 is 14.7 Å². The Morgan fingerprint density at radius 2 is 2.14 bits per heavy atom. The Morgan fingerprint density at radius 3 is 2.86 bits per heavy atom. The van der Waals surface area contributed by atoms with Gasteiger partial charge in [0.05, 0.1) is 11.3 Å². The summed E-state index contributed by atoms with van der Waals surface area (Å²) >= 11 is 1.50. The summed E-state index contributed by atoms with van der Waals surface area (Å²) in [5, 5.41) is 10.1. The van der Waals surface area contributed by atoms with Gasteiger partial charge in [0.15, 0.2) is 0 Å². The molecule has 5 heteroatoms. The molecule has 110 valence electrons. The molecule has 0 spiro atoms. The number of hydrogen-bond acceptors (Lipinski definition) is 3. The highest BCUT2D eigenvalue weighted by Gasteiger charge is 2.32. The predicted octanol–water partition coefficient (Wildman–Crippen LogP) is 3.29. The molecule has 0 saturated carbocycles. The lowest BCUT2D eigenvalue weighted by molar-refractivity contribution is -0.137. The van der Waals surface area contributed by atoms with Crippen LogP contribution in [0.4, 0.5) is 0 Å². The normalized spacial score (nSPS) is 18.3. The Balaban J connectivity index is 1.93. The van der Waals surface area contributed by atoms with Crippen molar-refractivity contribution in [2.45, 2.75) is 32.2 Å². The molecule has 1 amide bonds. The molecule has 1 fully saturated rings. The van der Waals surface area contributed by atoms with Gasteiger partial charge in [-0.05, 0) is 36.8 Å². The van der Waals surface area contributed by atoms with E-state index in [0.29, 0.717) is 6.54 Å². The first kappa shape index (κ1) is 14.1. The lowest BCUT2D eigenvalue weighted by Crippen LogP contribution is -2.36. The van der Waals surface area contributed by atoms with Gasteiger partial charge in [0, 0.05) is 17.3 Å². The highest BCUT2D eigenvalue weighted by Crippen LogP contribution is 2.33. The molecule has 2 aromatic rings. The zero-order chi connectivity index (χ0) is 15.0. The van der Waals surface area contributed by atoms with E-state index >= 15 is 0 Å². The molecular weight excluding hydrogens is 286 g/mol. The van der Waals surface area contributed by atoms with Crippen molar-refractivity contribution in [2.75, 3.05) is 6.54 Å². The molecule has 21 heavy (non-hydrogen) atoms. The number of fused-ring (bicyclic) bond motifs is 1. The van der Waals surface area contributed by atoms with Crippen LogP contribution < -0.4 is 0 Å². The van der Waals surface area contributed by atoms with Crippen LogP contribution in [0.2, 0.25) is 0 Å². The SMILES string of the molecule is Cc1c(C(=O)N2CCCC2CC(=O)O)sc2ccccc12. The Bertz CT molecular complexity index is 707. The van der Waals surface area contributed by atoms with Crippen molar-refractivity contribution >= 4 is 33.3 Å². The molecule has 3 rings (SSSR count). The van der Waals surface area contributed by atoms with Gasteiger partial charge in [-0.2, -0.15) is 0 Å². The Labute approximate surface area is 127 Å². The van der Waals surface area contributed by atoms with Gasteiger partial charge in [-0.1, -0.05) is 18.2 Å². The summed E-state index contributed by atoms with van der Waals surface area (Å²) in [5.74, 6) is -0.856. The van der Waals surface area contributed by atoms with Gasteiger partial charge in [0.25, 0.3) is 5.91 Å². The summed E-state index contributed by atoms with van der Waals surface area (Å²) in [5.41, 5.74) is 1.00. The molecule has 1 aliphatic heterocycles. The van der Waals surface area contributed by atoms with Crippen LogP contribution in [0.25, 0.3) is 10.1 Å². The quantitative estimate of drug-likeness (QED) is 0.946. The number of benzene rings is 1. The van der Waals surface area contributed by atoms with Gasteiger partial charge in [-0.3, -0.25) is 9.59 Å². The molecule has 4 nitrogen and oxygen atoms in total. The fourth-order valence-electron chi connectivity index (χ4n) is 3.03. The molecule has 0 radical (unpaired) electrons. The van der Waals surface area contributed by atoms with Crippen LogP contribution in [0.1, 0.15) is 34.5 Å². The number of nitrogens with zero attached hydrogens (tertiary/aromatic N) is 1. The van der Waals surface area contributed by atoms with E-state index in [4.69, 9.17) is 5.11 Å². The molecule has 1 aromatic heterocycles. The number of likely N-dealkylation sites (tertiary alicyclic amines) is 1. The first-order chi connectivity index (χ1) is 10.1. The number of hydrogen-bond donors (Lipinski definition) is 1. The molecule has 1 atom stereocenters. The fraction of sp³-hybridized carbons (Fsp3) is 0.375. The molecule has 2 heterocycles. The van der Waals surface area contributed by atoms with Crippen LogP contribution >= 0.6 is 11.3 Å². The van der Waals surface area contributed by atoms with Crippen molar-refractivity contribution in [1.29, 1.82) is 0 Å². The van der Waals surface area contributed by atoms with E-state index in [1.54, 1.807) is 4.90 Å². The second-order valence-electron chi connectivity index (χ2n) is 5.44. The minimum absolute atomic E-state index is 0.0162. The number of carbonyl (C=O) groups excluding carboxylic acids is 1. The maximum Gasteiger partial charge on any atom is 0.305 e. The van der Waals surface area contributed by atoms with Crippen LogP contribution in [-0.2, 0) is 4.79 Å². The zero-order valence-corrected chi connectivity index (χ0v) is 12.7. The number of aryl methyl sites for hydroxylation is 1. The topological polar surface area (TPSA) is 57.6 Å². The zero-order valence-electron chi connectivity index (χ0n) is 11.8. The van der Waals surface area contributed by atoms with E-state index < -0.39 is 5.97 Å². The smallest absolute Gasteiger partial charge is 0.305 e. The average Bonchev–Trinajstić information content (AvgIpc) is 3.03. The standard InChI is InChI=1S/C16H17NO3S/c1-10-12-6-2-3-7-13(12)21-15(10)16(20)17-8-4-5-11(17)9-14(18)19/h2-3,6-7,11H,4-5,8-9H2,1H3,(H,18,19). The lowest BCUT2D eigenvalue weighted by atomic mass is 10.1. The number of amides is 1. The van der Waals surface area contributed by atoms with E-state index in [-0.39, 0.29) is 18.4 Å². The number of thiophene rings is 1. The molecule has 0 aliphatic carbocycles. The predicted molar refractivity (Wildman–Crippen MR) is 82.9 cm³/mol. The Kier molecular flexibility index (Phi) is 3.68. The second kappa shape index (κ2) is 5.48. The van der Waals surface area contributed by atoms with Gasteiger partial charge in [0.1, 0.15) is 0 Å². The monoisotopic (exact) mass is 303 g/mol. The fourth-order valence-corrected chi connectivity index (χ4v) is 4.19. The first-order valence-electron chi connectivity index (χ1n) is 7.09. The average molecular weight is 303 g/mol. The highest BCUT2D eigenvalue weighted by molar-refractivity contribution is 7.21. The van der Waals surface area contributed by atoms with E-state index in [0.717, 1.165) is 33.4 Å². The maximum absolute atomic E-state index is 12.8. The second-order valence-corrected chi connectivity index (χ2v) is 6.50. The van der Waals surface area contributed by atoms with Gasteiger partial charge >= 0.3 is 5.97 Å². The molecule has 1 unspecified atom stereocenters. The van der Waals surface area contributed by atoms with Crippen LogP contribution in [0.5, 0.6) is 0 Å². The first-order valence-corrected chi connectivity index (χ1v) is 7.90. The number of carboxylic acids is 1. The number of carbonyl (C=O) groups is 2. The van der Waals surface area contributed by atoms with Crippen LogP contribution in [0.15, 0.2) is 24.3 Å². The van der Waals surface area contributed by atoms with Gasteiger partial charge in [0.2, 0.25) is 0 Å². The Morgan fingerprint density at radius 1 is 1.38 bits per heavy atom.